The number of benzene rings is 2. The van der Waals surface area contributed by atoms with Crippen LogP contribution in [-0.2, 0) is 4.79 Å². The molecule has 0 radical (unpaired) electrons. The highest BCUT2D eigenvalue weighted by Gasteiger charge is 2.28. The van der Waals surface area contributed by atoms with Gasteiger partial charge in [0.25, 0.3) is 0 Å². The number of likely N-dealkylation sites (tertiary alicyclic amines) is 1. The first-order valence-electron chi connectivity index (χ1n) is 8.86. The van der Waals surface area contributed by atoms with Crippen LogP contribution in [0.1, 0.15) is 17.9 Å². The number of hydrogen-bond donors (Lipinski definition) is 2. The van der Waals surface area contributed by atoms with Gasteiger partial charge in [-0.05, 0) is 41.3 Å². The predicted molar refractivity (Wildman–Crippen MR) is 102 cm³/mol. The molecule has 132 valence electrons. The fourth-order valence-electron chi connectivity index (χ4n) is 3.74. The van der Waals surface area contributed by atoms with E-state index in [1.807, 2.05) is 29.3 Å². The minimum Gasteiger partial charge on any atom is -0.357 e. The number of fused-ring (bicyclic) bond motifs is 1. The lowest BCUT2D eigenvalue weighted by Gasteiger charge is -2.19. The van der Waals surface area contributed by atoms with Gasteiger partial charge >= 0.3 is 0 Å². The summed E-state index contributed by atoms with van der Waals surface area (Å²) >= 11 is 0. The van der Waals surface area contributed by atoms with Gasteiger partial charge in [-0.2, -0.15) is 0 Å². The van der Waals surface area contributed by atoms with Crippen LogP contribution in [0.15, 0.2) is 60.1 Å². The maximum atomic E-state index is 12.0. The lowest BCUT2D eigenvalue weighted by atomic mass is 9.92. The zero-order chi connectivity index (χ0) is 18.1. The quantitative estimate of drug-likeness (QED) is 0.817. The highest BCUT2D eigenvalue weighted by molar-refractivity contribution is 5.87. The Labute approximate surface area is 152 Å². The van der Waals surface area contributed by atoms with Gasteiger partial charge in [0.1, 0.15) is 0 Å². The summed E-state index contributed by atoms with van der Waals surface area (Å²) in [7, 11) is 0. The number of amides is 1. The first-order valence-corrected chi connectivity index (χ1v) is 8.86. The molecular weight excluding hydrogens is 324 g/mol. The Morgan fingerprint density at radius 1 is 1.27 bits per heavy atom. The summed E-state index contributed by atoms with van der Waals surface area (Å²) in [6.07, 6.45) is 3.81. The van der Waals surface area contributed by atoms with E-state index < -0.39 is 6.29 Å². The molecule has 0 bridgehead atoms. The molecule has 1 saturated heterocycles. The van der Waals surface area contributed by atoms with E-state index in [0.717, 1.165) is 40.2 Å². The Morgan fingerprint density at radius 3 is 2.85 bits per heavy atom. The molecule has 26 heavy (non-hydrogen) atoms. The summed E-state index contributed by atoms with van der Waals surface area (Å²) in [6, 6.07) is 14.6. The van der Waals surface area contributed by atoms with Crippen LogP contribution in [0.2, 0.25) is 0 Å². The molecule has 1 amide bonds. The van der Waals surface area contributed by atoms with Gasteiger partial charge in [0.05, 0.1) is 5.36 Å². The molecule has 2 aromatic carbocycles. The summed E-state index contributed by atoms with van der Waals surface area (Å²) in [4.78, 5) is 18.4. The Kier molecular flexibility index (Phi) is 4.31. The summed E-state index contributed by atoms with van der Waals surface area (Å²) in [6.45, 7) is 5.03. The number of nitrogens with zero attached hydrogens (tertiary/aromatic N) is 2. The first-order chi connectivity index (χ1) is 12.7. The fourth-order valence-corrected chi connectivity index (χ4v) is 3.74. The van der Waals surface area contributed by atoms with E-state index in [1.54, 1.807) is 0 Å². The Morgan fingerprint density at radius 2 is 2.08 bits per heavy atom. The lowest BCUT2D eigenvalue weighted by Crippen LogP contribution is -2.45. The predicted octanol–water partition coefficient (Wildman–Crippen LogP) is 1.06. The third-order valence-corrected chi connectivity index (χ3v) is 5.07. The average molecular weight is 346 g/mol. The SMILES string of the molecule is C=CC(=O)N1CCC(c2cc(-c3ccccc3)cc3c2=NC(N)NC=3)C1. The van der Waals surface area contributed by atoms with Crippen molar-refractivity contribution in [3.63, 3.8) is 0 Å². The van der Waals surface area contributed by atoms with Crippen molar-refractivity contribution in [2.24, 2.45) is 10.7 Å². The molecule has 2 aromatic rings. The highest BCUT2D eigenvalue weighted by atomic mass is 16.2. The molecule has 0 aliphatic carbocycles. The average Bonchev–Trinajstić information content (AvgIpc) is 3.17. The van der Waals surface area contributed by atoms with Crippen LogP contribution in [0.3, 0.4) is 0 Å². The molecule has 4 rings (SSSR count). The van der Waals surface area contributed by atoms with Crippen molar-refractivity contribution >= 4 is 12.1 Å². The first kappa shape index (κ1) is 16.5. The van der Waals surface area contributed by atoms with E-state index in [4.69, 9.17) is 5.73 Å². The Balaban J connectivity index is 1.82. The van der Waals surface area contributed by atoms with Gasteiger partial charge in [-0.25, -0.2) is 4.99 Å². The molecule has 0 spiro atoms. The lowest BCUT2D eigenvalue weighted by molar-refractivity contribution is -0.125. The molecule has 1 fully saturated rings. The minimum absolute atomic E-state index is 0.0116. The molecular formula is C21H22N4O. The third-order valence-electron chi connectivity index (χ3n) is 5.07. The second-order valence-corrected chi connectivity index (χ2v) is 6.73. The van der Waals surface area contributed by atoms with E-state index in [2.05, 4.69) is 41.2 Å². The molecule has 5 heteroatoms. The Bertz CT molecular complexity index is 967. The van der Waals surface area contributed by atoms with E-state index >= 15 is 0 Å². The van der Waals surface area contributed by atoms with Crippen molar-refractivity contribution in [3.8, 4) is 11.1 Å². The van der Waals surface area contributed by atoms with Crippen molar-refractivity contribution in [1.29, 1.82) is 0 Å². The largest absolute Gasteiger partial charge is 0.357 e. The van der Waals surface area contributed by atoms with Crippen LogP contribution in [0.4, 0.5) is 0 Å². The number of carbonyl (C=O) groups is 1. The van der Waals surface area contributed by atoms with Gasteiger partial charge in [-0.3, -0.25) is 10.5 Å². The molecule has 2 heterocycles. The normalized spacial score (nSPS) is 21.2. The second kappa shape index (κ2) is 6.77. The number of rotatable bonds is 3. The van der Waals surface area contributed by atoms with Gasteiger partial charge in [0.2, 0.25) is 5.91 Å². The van der Waals surface area contributed by atoms with Crippen molar-refractivity contribution in [1.82, 2.24) is 10.2 Å². The molecule has 2 atom stereocenters. The van der Waals surface area contributed by atoms with Crippen LogP contribution in [-0.4, -0.2) is 30.2 Å². The van der Waals surface area contributed by atoms with Crippen LogP contribution in [0, 0.1) is 0 Å². The smallest absolute Gasteiger partial charge is 0.245 e. The molecule has 2 unspecified atom stereocenters. The summed E-state index contributed by atoms with van der Waals surface area (Å²) in [5.74, 6) is 0.237. The van der Waals surface area contributed by atoms with Crippen molar-refractivity contribution in [2.45, 2.75) is 18.6 Å². The number of nitrogens with one attached hydrogen (secondary N) is 1. The zero-order valence-corrected chi connectivity index (χ0v) is 14.6. The summed E-state index contributed by atoms with van der Waals surface area (Å²) in [5.41, 5.74) is 9.45. The third kappa shape index (κ3) is 3.02. The standard InChI is InChI=1S/C21H22N4O/c1-2-19(26)25-9-8-15(13-25)18-11-16(14-6-4-3-5-7-14)10-17-12-23-21(22)24-20(17)18/h2-7,10-12,15,21,23H,1,8-9,13,22H2. The van der Waals surface area contributed by atoms with E-state index in [0.29, 0.717) is 6.54 Å². The molecule has 2 aliphatic rings. The van der Waals surface area contributed by atoms with Crippen molar-refractivity contribution in [2.75, 3.05) is 13.1 Å². The molecule has 3 N–H and O–H groups in total. The topological polar surface area (TPSA) is 70.7 Å². The number of carbonyl (C=O) groups excluding carboxylic acids is 1. The molecule has 0 aromatic heterocycles. The molecule has 0 saturated carbocycles. The van der Waals surface area contributed by atoms with Gasteiger partial charge < -0.3 is 10.2 Å². The van der Waals surface area contributed by atoms with Gasteiger partial charge in [-0.15, -0.1) is 0 Å². The van der Waals surface area contributed by atoms with Crippen LogP contribution in [0.25, 0.3) is 17.3 Å². The number of nitrogens with two attached hydrogens (primary N) is 1. The summed E-state index contributed by atoms with van der Waals surface area (Å²) < 4.78 is 0. The minimum atomic E-state index is -0.434. The van der Waals surface area contributed by atoms with E-state index in [9.17, 15) is 4.79 Å². The maximum absolute atomic E-state index is 12.0. The van der Waals surface area contributed by atoms with E-state index in [1.165, 1.54) is 6.08 Å². The van der Waals surface area contributed by atoms with Crippen LogP contribution in [0.5, 0.6) is 0 Å². The Hall–Kier alpha value is -2.92. The molecule has 5 nitrogen and oxygen atoms in total. The van der Waals surface area contributed by atoms with Crippen molar-refractivity contribution in [3.05, 3.63) is 71.3 Å². The zero-order valence-electron chi connectivity index (χ0n) is 14.6. The van der Waals surface area contributed by atoms with E-state index in [-0.39, 0.29) is 11.8 Å². The second-order valence-electron chi connectivity index (χ2n) is 6.73. The monoisotopic (exact) mass is 346 g/mol. The maximum Gasteiger partial charge on any atom is 0.245 e. The summed E-state index contributed by atoms with van der Waals surface area (Å²) in [5, 5.41) is 5.06. The fraction of sp³-hybridized carbons (Fsp3) is 0.238. The highest BCUT2D eigenvalue weighted by Crippen LogP contribution is 2.28. The van der Waals surface area contributed by atoms with Crippen LogP contribution >= 0.6 is 0 Å². The van der Waals surface area contributed by atoms with Crippen LogP contribution < -0.4 is 21.6 Å². The van der Waals surface area contributed by atoms with Crippen molar-refractivity contribution < 1.29 is 4.79 Å². The molecule has 2 aliphatic heterocycles. The van der Waals surface area contributed by atoms with Gasteiger partial charge in [0.15, 0.2) is 6.29 Å². The van der Waals surface area contributed by atoms with Gasteiger partial charge in [-0.1, -0.05) is 36.9 Å². The number of hydrogen-bond acceptors (Lipinski definition) is 4. The van der Waals surface area contributed by atoms with Gasteiger partial charge in [0, 0.05) is 30.4 Å².